The van der Waals surface area contributed by atoms with E-state index in [9.17, 15) is 0 Å². The van der Waals surface area contributed by atoms with Gasteiger partial charge in [-0.3, -0.25) is 0 Å². The molecule has 1 aromatic rings. The summed E-state index contributed by atoms with van der Waals surface area (Å²) in [5.41, 5.74) is 0. The third-order valence-corrected chi connectivity index (χ3v) is 3.81. The summed E-state index contributed by atoms with van der Waals surface area (Å²) in [4.78, 5) is 17.1. The Morgan fingerprint density at radius 1 is 1.30 bits per heavy atom. The van der Waals surface area contributed by atoms with E-state index in [-0.39, 0.29) is 5.28 Å². The molecule has 1 fully saturated rings. The molecule has 0 aromatic carbocycles. The van der Waals surface area contributed by atoms with Gasteiger partial charge in [-0.2, -0.15) is 15.0 Å². The average molecular weight is 299 g/mol. The number of aromatic nitrogens is 3. The molecule has 1 N–H and O–H groups in total. The van der Waals surface area contributed by atoms with Crippen LogP contribution in [0.5, 0.6) is 0 Å². The molecule has 7 heteroatoms. The Labute approximate surface area is 125 Å². The number of likely N-dealkylation sites (tertiary alicyclic amines) is 1. The van der Waals surface area contributed by atoms with E-state index < -0.39 is 0 Å². The monoisotopic (exact) mass is 298 g/mol. The zero-order valence-corrected chi connectivity index (χ0v) is 13.2. The van der Waals surface area contributed by atoms with Crippen LogP contribution in [-0.2, 0) is 0 Å². The highest BCUT2D eigenvalue weighted by Gasteiger charge is 2.19. The largest absolute Gasteiger partial charge is 0.354 e. The van der Waals surface area contributed by atoms with Crippen LogP contribution in [0.15, 0.2) is 0 Å². The molecule has 0 atom stereocenters. The fourth-order valence-electron chi connectivity index (χ4n) is 2.46. The molecule has 1 aliphatic heterocycles. The molecule has 20 heavy (non-hydrogen) atoms. The van der Waals surface area contributed by atoms with Gasteiger partial charge in [0.15, 0.2) is 0 Å². The molecule has 0 aliphatic carbocycles. The second-order valence-corrected chi connectivity index (χ2v) is 5.72. The molecule has 112 valence electrons. The Morgan fingerprint density at radius 3 is 2.65 bits per heavy atom. The maximum atomic E-state index is 5.96. The lowest BCUT2D eigenvalue weighted by Gasteiger charge is -2.31. The van der Waals surface area contributed by atoms with E-state index in [4.69, 9.17) is 11.6 Å². The van der Waals surface area contributed by atoms with Gasteiger partial charge in [-0.15, -0.1) is 0 Å². The molecule has 1 saturated heterocycles. The van der Waals surface area contributed by atoms with E-state index in [1.54, 1.807) is 0 Å². The second-order valence-electron chi connectivity index (χ2n) is 5.39. The molecule has 0 radical (unpaired) electrons. The molecule has 1 aliphatic rings. The quantitative estimate of drug-likeness (QED) is 0.893. The van der Waals surface area contributed by atoms with Crippen molar-refractivity contribution in [2.24, 2.45) is 5.92 Å². The molecule has 6 nitrogen and oxygen atoms in total. The van der Waals surface area contributed by atoms with E-state index in [1.165, 1.54) is 25.9 Å². The van der Waals surface area contributed by atoms with Crippen molar-refractivity contribution in [1.82, 2.24) is 19.9 Å². The molecule has 1 aromatic heterocycles. The van der Waals surface area contributed by atoms with Crippen LogP contribution >= 0.6 is 11.6 Å². The number of anilines is 2. The van der Waals surface area contributed by atoms with Crippen molar-refractivity contribution in [1.29, 1.82) is 0 Å². The molecule has 0 spiro atoms. The minimum absolute atomic E-state index is 0.237. The first-order chi connectivity index (χ1) is 9.58. The van der Waals surface area contributed by atoms with Crippen molar-refractivity contribution in [3.63, 3.8) is 0 Å². The van der Waals surface area contributed by atoms with Gasteiger partial charge in [-0.1, -0.05) is 0 Å². The zero-order chi connectivity index (χ0) is 14.5. The van der Waals surface area contributed by atoms with Gasteiger partial charge in [0.05, 0.1) is 0 Å². The number of nitrogens with one attached hydrogen (secondary N) is 1. The van der Waals surface area contributed by atoms with Crippen molar-refractivity contribution in [3.05, 3.63) is 5.28 Å². The third-order valence-electron chi connectivity index (χ3n) is 3.64. The maximum absolute atomic E-state index is 5.96. The molecular formula is C13H23ClN6. The number of hydrogen-bond donors (Lipinski definition) is 1. The number of rotatable bonds is 5. The topological polar surface area (TPSA) is 57.2 Å². The predicted molar refractivity (Wildman–Crippen MR) is 82.5 cm³/mol. The summed E-state index contributed by atoms with van der Waals surface area (Å²) in [6, 6.07) is 0. The van der Waals surface area contributed by atoms with Crippen molar-refractivity contribution in [2.75, 3.05) is 50.5 Å². The maximum Gasteiger partial charge on any atom is 0.231 e. The summed E-state index contributed by atoms with van der Waals surface area (Å²) in [6.07, 6.45) is 2.44. The van der Waals surface area contributed by atoms with Crippen molar-refractivity contribution in [2.45, 2.75) is 19.8 Å². The lowest BCUT2D eigenvalue weighted by molar-refractivity contribution is 0.222. The molecule has 0 saturated carbocycles. The molecule has 0 amide bonds. The standard InChI is InChI=1S/C13H23ClN6/c1-4-15-12-16-11(14)17-13(18-12)20(3)9-10-5-7-19(2)8-6-10/h10H,4-9H2,1-3H3,(H,15,16,17,18). The SMILES string of the molecule is CCNc1nc(Cl)nc(N(C)CC2CCN(C)CC2)n1. The predicted octanol–water partition coefficient (Wildman–Crippen LogP) is 1.73. The Hall–Kier alpha value is -1.14. The highest BCUT2D eigenvalue weighted by atomic mass is 35.5. The summed E-state index contributed by atoms with van der Waals surface area (Å²) in [7, 11) is 4.19. The number of hydrogen-bond acceptors (Lipinski definition) is 6. The Bertz CT molecular complexity index is 433. The lowest BCUT2D eigenvalue weighted by Crippen LogP contribution is -2.36. The van der Waals surface area contributed by atoms with Crippen LogP contribution in [0.25, 0.3) is 0 Å². The highest BCUT2D eigenvalue weighted by molar-refractivity contribution is 6.28. The van der Waals surface area contributed by atoms with E-state index >= 15 is 0 Å². The molecular weight excluding hydrogens is 276 g/mol. The zero-order valence-electron chi connectivity index (χ0n) is 12.4. The summed E-state index contributed by atoms with van der Waals surface area (Å²) in [5.74, 6) is 1.87. The Balaban J connectivity index is 1.99. The number of halogens is 1. The smallest absolute Gasteiger partial charge is 0.231 e. The summed E-state index contributed by atoms with van der Waals surface area (Å²) < 4.78 is 0. The highest BCUT2D eigenvalue weighted by Crippen LogP contribution is 2.19. The normalized spacial score (nSPS) is 17.2. The van der Waals surface area contributed by atoms with Gasteiger partial charge in [-0.05, 0) is 57.4 Å². The van der Waals surface area contributed by atoms with Gasteiger partial charge in [0, 0.05) is 20.1 Å². The molecule has 0 bridgehead atoms. The van der Waals surface area contributed by atoms with Gasteiger partial charge >= 0.3 is 0 Å². The third kappa shape index (κ3) is 4.18. The van der Waals surface area contributed by atoms with Crippen molar-refractivity contribution in [3.8, 4) is 0 Å². The van der Waals surface area contributed by atoms with Gasteiger partial charge in [0.2, 0.25) is 17.2 Å². The molecule has 0 unspecified atom stereocenters. The van der Waals surface area contributed by atoms with Crippen molar-refractivity contribution < 1.29 is 0 Å². The first-order valence-corrected chi connectivity index (χ1v) is 7.51. The van der Waals surface area contributed by atoms with Gasteiger partial charge in [-0.25, -0.2) is 0 Å². The van der Waals surface area contributed by atoms with Gasteiger partial charge in [0.1, 0.15) is 0 Å². The van der Waals surface area contributed by atoms with Crippen LogP contribution in [0.2, 0.25) is 5.28 Å². The minimum atomic E-state index is 0.237. The molecule has 2 rings (SSSR count). The van der Waals surface area contributed by atoms with E-state index in [0.717, 1.165) is 13.1 Å². The van der Waals surface area contributed by atoms with Gasteiger partial charge in [0.25, 0.3) is 0 Å². The summed E-state index contributed by atoms with van der Waals surface area (Å²) in [6.45, 7) is 6.05. The lowest BCUT2D eigenvalue weighted by atomic mass is 9.97. The fourth-order valence-corrected chi connectivity index (χ4v) is 2.62. The van der Waals surface area contributed by atoms with Crippen LogP contribution in [0.3, 0.4) is 0 Å². The van der Waals surface area contributed by atoms with Crippen LogP contribution in [-0.4, -0.2) is 60.1 Å². The van der Waals surface area contributed by atoms with Gasteiger partial charge < -0.3 is 15.1 Å². The van der Waals surface area contributed by atoms with Crippen molar-refractivity contribution >= 4 is 23.5 Å². The number of nitrogens with zero attached hydrogens (tertiary/aromatic N) is 5. The van der Waals surface area contributed by atoms with Crippen LogP contribution in [0, 0.1) is 5.92 Å². The summed E-state index contributed by atoms with van der Waals surface area (Å²) >= 11 is 5.96. The average Bonchev–Trinajstić information content (AvgIpc) is 2.41. The second kappa shape index (κ2) is 7.04. The van der Waals surface area contributed by atoms with Crippen LogP contribution in [0.1, 0.15) is 19.8 Å². The first-order valence-electron chi connectivity index (χ1n) is 7.13. The molecule has 2 heterocycles. The first kappa shape index (κ1) is 15.3. The Morgan fingerprint density at radius 2 is 2.00 bits per heavy atom. The fraction of sp³-hybridized carbons (Fsp3) is 0.769. The van der Waals surface area contributed by atoms with E-state index in [0.29, 0.717) is 17.8 Å². The minimum Gasteiger partial charge on any atom is -0.354 e. The van der Waals surface area contributed by atoms with Crippen LogP contribution in [0.4, 0.5) is 11.9 Å². The van der Waals surface area contributed by atoms with Crippen LogP contribution < -0.4 is 10.2 Å². The van der Waals surface area contributed by atoms with E-state index in [2.05, 4.69) is 37.1 Å². The Kier molecular flexibility index (Phi) is 5.37. The number of piperidine rings is 1. The summed E-state index contributed by atoms with van der Waals surface area (Å²) in [5, 5.41) is 3.31. The van der Waals surface area contributed by atoms with E-state index in [1.807, 2.05) is 14.0 Å².